The van der Waals surface area contributed by atoms with Crippen LogP contribution in [-0.2, 0) is 19.5 Å². The topological polar surface area (TPSA) is 29.9 Å². The highest BCUT2D eigenvalue weighted by Gasteiger charge is 2.23. The lowest BCUT2D eigenvalue weighted by molar-refractivity contribution is 0.451. The van der Waals surface area contributed by atoms with E-state index in [4.69, 9.17) is 0 Å². The molecule has 0 bridgehead atoms. The molecular weight excluding hydrogens is 302 g/mol. The predicted octanol–water partition coefficient (Wildman–Crippen LogP) is 4.16. The van der Waals surface area contributed by atoms with Crippen molar-refractivity contribution in [3.63, 3.8) is 0 Å². The van der Waals surface area contributed by atoms with E-state index >= 15 is 0 Å². The van der Waals surface area contributed by atoms with Crippen molar-refractivity contribution in [3.05, 3.63) is 75.7 Å². The zero-order valence-electron chi connectivity index (χ0n) is 13.1. The summed E-state index contributed by atoms with van der Waals surface area (Å²) in [5, 5.41) is 10.5. The van der Waals surface area contributed by atoms with Gasteiger partial charge < -0.3 is 5.32 Å². The van der Waals surface area contributed by atoms with Crippen molar-refractivity contribution in [3.8, 4) is 0 Å². The van der Waals surface area contributed by atoms with Crippen LogP contribution in [0.5, 0.6) is 0 Å². The van der Waals surface area contributed by atoms with Gasteiger partial charge >= 0.3 is 0 Å². The molecule has 1 aliphatic rings. The summed E-state index contributed by atoms with van der Waals surface area (Å²) in [5.41, 5.74) is 4.11. The molecule has 3 aromatic rings. The fraction of sp³-hybridized carbons (Fsp3) is 0.316. The molecule has 0 radical (unpaired) electrons. The number of hydrogen-bond acceptors (Lipinski definition) is 3. The molecule has 1 aliphatic carbocycles. The average Bonchev–Trinajstić information content (AvgIpc) is 3.24. The Hall–Kier alpha value is -1.91. The largest absolute Gasteiger partial charge is 0.305 e. The van der Waals surface area contributed by atoms with Crippen molar-refractivity contribution in [1.29, 1.82) is 0 Å². The van der Waals surface area contributed by atoms with E-state index in [1.807, 2.05) is 11.3 Å². The number of aromatic nitrogens is 2. The summed E-state index contributed by atoms with van der Waals surface area (Å²) in [6, 6.07) is 15.3. The number of hydrogen-bond donors (Lipinski definition) is 1. The molecule has 1 atom stereocenters. The fourth-order valence-electron chi connectivity index (χ4n) is 3.36. The molecule has 0 saturated heterocycles. The van der Waals surface area contributed by atoms with Gasteiger partial charge in [0.25, 0.3) is 0 Å². The molecule has 0 aliphatic heterocycles. The van der Waals surface area contributed by atoms with E-state index in [0.29, 0.717) is 6.04 Å². The van der Waals surface area contributed by atoms with Gasteiger partial charge in [-0.3, -0.25) is 4.68 Å². The lowest BCUT2D eigenvalue weighted by atomic mass is 9.93. The second-order valence-corrected chi connectivity index (χ2v) is 7.13. The molecule has 4 rings (SSSR count). The lowest BCUT2D eigenvalue weighted by Gasteiger charge is -2.24. The molecule has 118 valence electrons. The summed E-state index contributed by atoms with van der Waals surface area (Å²) in [7, 11) is 0. The van der Waals surface area contributed by atoms with Crippen molar-refractivity contribution in [2.45, 2.75) is 38.4 Å². The first kappa shape index (κ1) is 14.7. The van der Waals surface area contributed by atoms with Crippen LogP contribution in [0, 0.1) is 0 Å². The summed E-state index contributed by atoms with van der Waals surface area (Å²) in [6.07, 6.45) is 5.65. The Kier molecular flexibility index (Phi) is 4.26. The minimum Gasteiger partial charge on any atom is -0.305 e. The lowest BCUT2D eigenvalue weighted by Crippen LogP contribution is -2.25. The van der Waals surface area contributed by atoms with Gasteiger partial charge in [0.15, 0.2) is 0 Å². The van der Waals surface area contributed by atoms with E-state index < -0.39 is 0 Å². The minimum atomic E-state index is 0.436. The van der Waals surface area contributed by atoms with Crippen molar-refractivity contribution < 1.29 is 0 Å². The highest BCUT2D eigenvalue weighted by Crippen LogP contribution is 2.30. The SMILES string of the molecule is c1ccc(Cn2ncc3c2CCCC3NCc2cccs2)cc1. The van der Waals surface area contributed by atoms with Gasteiger partial charge in [-0.15, -0.1) is 11.3 Å². The van der Waals surface area contributed by atoms with Crippen LogP contribution < -0.4 is 5.32 Å². The van der Waals surface area contributed by atoms with Crippen LogP contribution in [0.1, 0.15) is 40.6 Å². The van der Waals surface area contributed by atoms with Gasteiger partial charge in [0.1, 0.15) is 0 Å². The summed E-state index contributed by atoms with van der Waals surface area (Å²) in [5.74, 6) is 0. The van der Waals surface area contributed by atoms with Crippen molar-refractivity contribution in [2.24, 2.45) is 0 Å². The van der Waals surface area contributed by atoms with E-state index in [2.05, 4.69) is 69.1 Å². The zero-order chi connectivity index (χ0) is 15.5. The van der Waals surface area contributed by atoms with Gasteiger partial charge in [0.05, 0.1) is 12.7 Å². The standard InChI is InChI=1S/C19H21N3S/c1-2-6-15(7-3-1)14-22-19-10-4-9-18(17(19)13-21-22)20-12-16-8-5-11-23-16/h1-3,5-8,11,13,18,20H,4,9-10,12,14H2. The molecule has 0 spiro atoms. The molecule has 4 heteroatoms. The first-order chi connectivity index (χ1) is 11.4. The van der Waals surface area contributed by atoms with E-state index in [1.165, 1.54) is 34.5 Å². The first-order valence-electron chi connectivity index (χ1n) is 8.24. The third-order valence-corrected chi connectivity index (χ3v) is 5.42. The quantitative estimate of drug-likeness (QED) is 0.764. The number of rotatable bonds is 5. The molecule has 23 heavy (non-hydrogen) atoms. The fourth-order valence-corrected chi connectivity index (χ4v) is 4.02. The third kappa shape index (κ3) is 3.23. The summed E-state index contributed by atoms with van der Waals surface area (Å²) in [4.78, 5) is 1.40. The Labute approximate surface area is 141 Å². The number of nitrogens with one attached hydrogen (secondary N) is 1. The maximum absolute atomic E-state index is 4.67. The monoisotopic (exact) mass is 323 g/mol. The van der Waals surface area contributed by atoms with Crippen molar-refractivity contribution in [2.75, 3.05) is 0 Å². The molecule has 3 nitrogen and oxygen atoms in total. The third-order valence-electron chi connectivity index (χ3n) is 4.54. The molecular formula is C19H21N3S. The van der Waals surface area contributed by atoms with E-state index in [0.717, 1.165) is 19.5 Å². The average molecular weight is 323 g/mol. The highest BCUT2D eigenvalue weighted by atomic mass is 32.1. The van der Waals surface area contributed by atoms with Gasteiger partial charge in [0.2, 0.25) is 0 Å². The summed E-state index contributed by atoms with van der Waals surface area (Å²) >= 11 is 1.82. The number of thiophene rings is 1. The molecule has 1 aromatic carbocycles. The maximum Gasteiger partial charge on any atom is 0.0662 e. The Bertz CT molecular complexity index is 746. The van der Waals surface area contributed by atoms with Gasteiger partial charge in [-0.2, -0.15) is 5.10 Å². The highest BCUT2D eigenvalue weighted by molar-refractivity contribution is 7.09. The Morgan fingerprint density at radius 3 is 2.91 bits per heavy atom. The van der Waals surface area contributed by atoms with Crippen LogP contribution in [0.3, 0.4) is 0 Å². The van der Waals surface area contributed by atoms with Crippen molar-refractivity contribution in [1.82, 2.24) is 15.1 Å². The Balaban J connectivity index is 1.50. The van der Waals surface area contributed by atoms with Gasteiger partial charge in [-0.05, 0) is 36.3 Å². The summed E-state index contributed by atoms with van der Waals surface area (Å²) in [6.45, 7) is 1.82. The Morgan fingerprint density at radius 1 is 1.17 bits per heavy atom. The molecule has 0 amide bonds. The summed E-state index contributed by atoms with van der Waals surface area (Å²) < 4.78 is 2.18. The molecule has 0 saturated carbocycles. The van der Waals surface area contributed by atoms with Crippen LogP contribution in [0.25, 0.3) is 0 Å². The maximum atomic E-state index is 4.67. The van der Waals surface area contributed by atoms with E-state index in [9.17, 15) is 0 Å². The number of nitrogens with zero attached hydrogens (tertiary/aromatic N) is 2. The van der Waals surface area contributed by atoms with Crippen LogP contribution in [0.4, 0.5) is 0 Å². The van der Waals surface area contributed by atoms with Crippen LogP contribution in [0.15, 0.2) is 54.0 Å². The molecule has 2 heterocycles. The minimum absolute atomic E-state index is 0.436. The van der Waals surface area contributed by atoms with Crippen LogP contribution in [0.2, 0.25) is 0 Å². The van der Waals surface area contributed by atoms with E-state index in [-0.39, 0.29) is 0 Å². The van der Waals surface area contributed by atoms with Gasteiger partial charge in [-0.25, -0.2) is 0 Å². The van der Waals surface area contributed by atoms with E-state index in [1.54, 1.807) is 0 Å². The Morgan fingerprint density at radius 2 is 2.09 bits per heavy atom. The second kappa shape index (κ2) is 6.69. The van der Waals surface area contributed by atoms with Crippen molar-refractivity contribution >= 4 is 11.3 Å². The molecule has 1 unspecified atom stereocenters. The smallest absolute Gasteiger partial charge is 0.0662 e. The number of benzene rings is 1. The molecule has 2 aromatic heterocycles. The second-order valence-electron chi connectivity index (χ2n) is 6.09. The molecule has 1 N–H and O–H groups in total. The predicted molar refractivity (Wildman–Crippen MR) is 94.6 cm³/mol. The first-order valence-corrected chi connectivity index (χ1v) is 9.12. The zero-order valence-corrected chi connectivity index (χ0v) is 13.9. The van der Waals surface area contributed by atoms with Gasteiger partial charge in [0, 0.05) is 28.7 Å². The van der Waals surface area contributed by atoms with Crippen LogP contribution >= 0.6 is 11.3 Å². The van der Waals surface area contributed by atoms with Gasteiger partial charge in [-0.1, -0.05) is 36.4 Å². The number of fused-ring (bicyclic) bond motifs is 1. The normalized spacial score (nSPS) is 17.1. The molecule has 0 fully saturated rings. The van der Waals surface area contributed by atoms with Crippen LogP contribution in [-0.4, -0.2) is 9.78 Å².